The highest BCUT2D eigenvalue weighted by atomic mass is 32.1. The van der Waals surface area contributed by atoms with E-state index in [0.29, 0.717) is 0 Å². The van der Waals surface area contributed by atoms with Crippen LogP contribution in [0.25, 0.3) is 0 Å². The van der Waals surface area contributed by atoms with E-state index in [9.17, 15) is 0 Å². The lowest BCUT2D eigenvalue weighted by Crippen LogP contribution is -2.22. The van der Waals surface area contributed by atoms with Crippen molar-refractivity contribution in [2.75, 3.05) is 13.7 Å². The Labute approximate surface area is 118 Å². The molecule has 0 aliphatic carbocycles. The summed E-state index contributed by atoms with van der Waals surface area (Å²) < 4.78 is 5.58. The maximum atomic E-state index is 5.58. The maximum Gasteiger partial charge on any atom is 0.124 e. The summed E-state index contributed by atoms with van der Waals surface area (Å²) in [5.74, 6) is 0.942. The molecule has 0 bridgehead atoms. The van der Waals surface area contributed by atoms with Crippen LogP contribution in [0.3, 0.4) is 0 Å². The van der Waals surface area contributed by atoms with Crippen molar-refractivity contribution in [1.29, 1.82) is 0 Å². The summed E-state index contributed by atoms with van der Waals surface area (Å²) in [4.78, 5) is 5.41. The van der Waals surface area contributed by atoms with E-state index >= 15 is 0 Å². The van der Waals surface area contributed by atoms with Crippen LogP contribution in [0.2, 0.25) is 0 Å². The molecule has 0 saturated carbocycles. The van der Waals surface area contributed by atoms with Crippen LogP contribution in [0.5, 0.6) is 5.75 Å². The fourth-order valence-electron chi connectivity index (χ4n) is 2.40. The molecule has 0 radical (unpaired) electrons. The topological polar surface area (TPSA) is 34.2 Å². The zero-order chi connectivity index (χ0) is 13.8. The van der Waals surface area contributed by atoms with Crippen molar-refractivity contribution in [3.63, 3.8) is 0 Å². The minimum absolute atomic E-state index is 0.146. The Kier molecular flexibility index (Phi) is 4.56. The third-order valence-electron chi connectivity index (χ3n) is 3.15. The smallest absolute Gasteiger partial charge is 0.124 e. The van der Waals surface area contributed by atoms with Crippen LogP contribution in [0.4, 0.5) is 0 Å². The van der Waals surface area contributed by atoms with E-state index in [1.807, 2.05) is 11.7 Å². The minimum atomic E-state index is 0.146. The van der Waals surface area contributed by atoms with Gasteiger partial charge >= 0.3 is 0 Å². The molecule has 3 nitrogen and oxygen atoms in total. The third kappa shape index (κ3) is 2.96. The number of nitrogens with zero attached hydrogens (tertiary/aromatic N) is 1. The molecule has 0 saturated heterocycles. The number of methoxy groups -OCH3 is 1. The van der Waals surface area contributed by atoms with Crippen molar-refractivity contribution >= 4 is 11.3 Å². The zero-order valence-electron chi connectivity index (χ0n) is 11.9. The number of rotatable bonds is 5. The summed E-state index contributed by atoms with van der Waals surface area (Å²) in [6.07, 6.45) is 1.93. The first kappa shape index (κ1) is 14.0. The quantitative estimate of drug-likeness (QED) is 0.908. The Morgan fingerprint density at radius 3 is 2.74 bits per heavy atom. The summed E-state index contributed by atoms with van der Waals surface area (Å²) >= 11 is 1.67. The van der Waals surface area contributed by atoms with Crippen molar-refractivity contribution < 1.29 is 4.74 Å². The predicted octanol–water partition coefficient (Wildman–Crippen LogP) is 3.47. The number of ether oxygens (including phenoxy) is 1. The van der Waals surface area contributed by atoms with Gasteiger partial charge in [-0.2, -0.15) is 0 Å². The summed E-state index contributed by atoms with van der Waals surface area (Å²) in [6.45, 7) is 7.24. The fraction of sp³-hybridized carbons (Fsp3) is 0.400. The van der Waals surface area contributed by atoms with Crippen molar-refractivity contribution in [2.24, 2.45) is 0 Å². The summed E-state index contributed by atoms with van der Waals surface area (Å²) in [5, 5.41) is 3.53. The molecule has 1 unspecified atom stereocenters. The first-order valence-corrected chi connectivity index (χ1v) is 7.32. The molecule has 2 rings (SSSR count). The van der Waals surface area contributed by atoms with Crippen molar-refractivity contribution in [1.82, 2.24) is 10.3 Å². The van der Waals surface area contributed by atoms with Crippen LogP contribution < -0.4 is 10.1 Å². The monoisotopic (exact) mass is 276 g/mol. The molecule has 102 valence electrons. The number of hydrogen-bond acceptors (Lipinski definition) is 4. The lowest BCUT2D eigenvalue weighted by Gasteiger charge is -2.22. The van der Waals surface area contributed by atoms with Crippen LogP contribution in [0, 0.1) is 13.8 Å². The molecule has 0 spiro atoms. The summed E-state index contributed by atoms with van der Waals surface area (Å²) in [6, 6.07) is 4.43. The van der Waals surface area contributed by atoms with Crippen LogP contribution in [-0.2, 0) is 0 Å². The number of nitrogens with one attached hydrogen (secondary N) is 1. The highest BCUT2D eigenvalue weighted by Gasteiger charge is 2.21. The Morgan fingerprint density at radius 1 is 1.37 bits per heavy atom. The van der Waals surface area contributed by atoms with Crippen LogP contribution in [0.15, 0.2) is 23.8 Å². The Morgan fingerprint density at radius 2 is 2.16 bits per heavy atom. The van der Waals surface area contributed by atoms with Gasteiger partial charge in [-0.15, -0.1) is 11.3 Å². The van der Waals surface area contributed by atoms with Gasteiger partial charge < -0.3 is 10.1 Å². The number of thiazole rings is 1. The highest BCUT2D eigenvalue weighted by Crippen LogP contribution is 2.35. The molecule has 1 atom stereocenters. The third-order valence-corrected chi connectivity index (χ3v) is 3.99. The highest BCUT2D eigenvalue weighted by molar-refractivity contribution is 7.09. The number of aryl methyl sites for hydroxylation is 2. The molecule has 0 aliphatic rings. The van der Waals surface area contributed by atoms with E-state index < -0.39 is 0 Å². The molecule has 1 heterocycles. The fourth-order valence-corrected chi connectivity index (χ4v) is 3.10. The molecule has 0 aliphatic heterocycles. The van der Waals surface area contributed by atoms with Crippen LogP contribution in [-0.4, -0.2) is 18.6 Å². The van der Waals surface area contributed by atoms with E-state index in [4.69, 9.17) is 4.74 Å². The van der Waals surface area contributed by atoms with Gasteiger partial charge in [0.05, 0.1) is 18.7 Å². The van der Waals surface area contributed by atoms with Crippen molar-refractivity contribution in [2.45, 2.75) is 26.8 Å². The van der Waals surface area contributed by atoms with E-state index in [1.54, 1.807) is 18.4 Å². The van der Waals surface area contributed by atoms with Gasteiger partial charge in [0, 0.05) is 16.6 Å². The van der Waals surface area contributed by atoms with E-state index in [-0.39, 0.29) is 6.04 Å². The van der Waals surface area contributed by atoms with Crippen molar-refractivity contribution in [3.05, 3.63) is 45.4 Å². The van der Waals surface area contributed by atoms with E-state index in [2.05, 4.69) is 43.2 Å². The average Bonchev–Trinajstić information content (AvgIpc) is 2.89. The number of benzene rings is 1. The normalized spacial score (nSPS) is 12.4. The van der Waals surface area contributed by atoms with Gasteiger partial charge in [-0.3, -0.25) is 4.98 Å². The number of hydrogen-bond donors (Lipinski definition) is 1. The molecule has 0 amide bonds. The molecule has 0 fully saturated rings. The van der Waals surface area contributed by atoms with Crippen LogP contribution >= 0.6 is 11.3 Å². The standard InChI is InChI=1S/C15H20N2OS/c1-5-17-15(13-8-16-9-19-13)14-11(3)6-10(2)7-12(14)18-4/h6-9,15,17H,5H2,1-4H3. The molecule has 19 heavy (non-hydrogen) atoms. The van der Waals surface area contributed by atoms with Gasteiger partial charge in [0.2, 0.25) is 0 Å². The van der Waals surface area contributed by atoms with E-state index in [0.717, 1.165) is 12.3 Å². The van der Waals surface area contributed by atoms with Gasteiger partial charge in [0.15, 0.2) is 0 Å². The van der Waals surface area contributed by atoms with E-state index in [1.165, 1.54) is 21.6 Å². The summed E-state index contributed by atoms with van der Waals surface area (Å²) in [5.41, 5.74) is 5.54. The lowest BCUT2D eigenvalue weighted by molar-refractivity contribution is 0.403. The molecular formula is C15H20N2OS. The van der Waals surface area contributed by atoms with Gasteiger partial charge in [-0.05, 0) is 37.6 Å². The lowest BCUT2D eigenvalue weighted by atomic mass is 9.97. The molecule has 1 aromatic carbocycles. The van der Waals surface area contributed by atoms with Crippen molar-refractivity contribution in [3.8, 4) is 5.75 Å². The van der Waals surface area contributed by atoms with Gasteiger partial charge in [0.25, 0.3) is 0 Å². The second kappa shape index (κ2) is 6.17. The number of aromatic nitrogens is 1. The molecule has 4 heteroatoms. The first-order chi connectivity index (χ1) is 9.17. The maximum absolute atomic E-state index is 5.58. The summed E-state index contributed by atoms with van der Waals surface area (Å²) in [7, 11) is 1.73. The Hall–Kier alpha value is -1.39. The zero-order valence-corrected chi connectivity index (χ0v) is 12.7. The molecular weight excluding hydrogens is 256 g/mol. The second-order valence-corrected chi connectivity index (χ2v) is 5.51. The Balaban J connectivity index is 2.53. The molecule has 1 N–H and O–H groups in total. The second-order valence-electron chi connectivity index (χ2n) is 4.59. The van der Waals surface area contributed by atoms with Gasteiger partial charge in [-0.1, -0.05) is 13.0 Å². The average molecular weight is 276 g/mol. The van der Waals surface area contributed by atoms with Gasteiger partial charge in [0.1, 0.15) is 5.75 Å². The van der Waals surface area contributed by atoms with Crippen LogP contribution in [0.1, 0.15) is 34.5 Å². The predicted molar refractivity (Wildman–Crippen MR) is 80.1 cm³/mol. The Bertz CT molecular complexity index is 537. The minimum Gasteiger partial charge on any atom is -0.496 e. The largest absolute Gasteiger partial charge is 0.496 e. The molecule has 2 aromatic rings. The SMILES string of the molecule is CCNC(c1cncs1)c1c(C)cc(C)cc1OC. The molecule has 1 aromatic heterocycles. The van der Waals surface area contributed by atoms with Gasteiger partial charge in [-0.25, -0.2) is 0 Å². The first-order valence-electron chi connectivity index (χ1n) is 6.44.